The Labute approximate surface area is 154 Å². The van der Waals surface area contributed by atoms with Crippen molar-refractivity contribution < 1.29 is 4.79 Å². The first-order valence-corrected chi connectivity index (χ1v) is 9.75. The minimum atomic E-state index is 0.0279. The molecule has 2 aromatic heterocycles. The number of rotatable bonds is 5. The minimum Gasteiger partial charge on any atom is -0.348 e. The SMILES string of the molecule is O=C(NC1CCN(Cc2cccnc2)CC1)c1ccnn1C1CCCC1. The second-order valence-corrected chi connectivity index (χ2v) is 7.48. The molecule has 2 fully saturated rings. The van der Waals surface area contributed by atoms with Crippen LogP contribution < -0.4 is 5.32 Å². The normalized spacial score (nSPS) is 19.7. The van der Waals surface area contributed by atoms with Gasteiger partial charge in [-0.3, -0.25) is 19.4 Å². The van der Waals surface area contributed by atoms with Crippen LogP contribution >= 0.6 is 0 Å². The maximum Gasteiger partial charge on any atom is 0.269 e. The van der Waals surface area contributed by atoms with Gasteiger partial charge >= 0.3 is 0 Å². The molecule has 6 heteroatoms. The Bertz CT molecular complexity index is 715. The van der Waals surface area contributed by atoms with Gasteiger partial charge in [-0.2, -0.15) is 5.10 Å². The highest BCUT2D eigenvalue weighted by Crippen LogP contribution is 2.29. The highest BCUT2D eigenvalue weighted by atomic mass is 16.2. The van der Waals surface area contributed by atoms with E-state index in [1.165, 1.54) is 18.4 Å². The maximum absolute atomic E-state index is 12.7. The number of carbonyl (C=O) groups is 1. The largest absolute Gasteiger partial charge is 0.348 e. The molecule has 1 N–H and O–H groups in total. The summed E-state index contributed by atoms with van der Waals surface area (Å²) < 4.78 is 1.94. The fourth-order valence-electron chi connectivity index (χ4n) is 4.18. The van der Waals surface area contributed by atoms with E-state index in [-0.39, 0.29) is 11.9 Å². The van der Waals surface area contributed by atoms with E-state index in [9.17, 15) is 4.79 Å². The molecule has 0 bridgehead atoms. The van der Waals surface area contributed by atoms with Crippen LogP contribution in [0.5, 0.6) is 0 Å². The first-order valence-electron chi connectivity index (χ1n) is 9.75. The first-order chi connectivity index (χ1) is 12.8. The van der Waals surface area contributed by atoms with Crippen molar-refractivity contribution in [2.24, 2.45) is 0 Å². The Morgan fingerprint density at radius 3 is 2.65 bits per heavy atom. The van der Waals surface area contributed by atoms with Crippen LogP contribution in [-0.4, -0.2) is 44.7 Å². The van der Waals surface area contributed by atoms with Crippen molar-refractivity contribution in [1.82, 2.24) is 25.0 Å². The molecule has 0 aromatic carbocycles. The number of piperidine rings is 1. The number of pyridine rings is 1. The third kappa shape index (κ3) is 3.96. The number of likely N-dealkylation sites (tertiary alicyclic amines) is 1. The number of nitrogens with zero attached hydrogens (tertiary/aromatic N) is 4. The van der Waals surface area contributed by atoms with Crippen molar-refractivity contribution in [2.45, 2.75) is 57.2 Å². The molecule has 0 atom stereocenters. The molecular weight excluding hydrogens is 326 g/mol. The van der Waals surface area contributed by atoms with Crippen LogP contribution in [0.3, 0.4) is 0 Å². The highest BCUT2D eigenvalue weighted by Gasteiger charge is 2.25. The average Bonchev–Trinajstić information content (AvgIpc) is 3.35. The highest BCUT2D eigenvalue weighted by molar-refractivity contribution is 5.92. The van der Waals surface area contributed by atoms with E-state index in [0.29, 0.717) is 6.04 Å². The zero-order valence-electron chi connectivity index (χ0n) is 15.2. The number of amides is 1. The van der Waals surface area contributed by atoms with Crippen LogP contribution in [0.1, 0.15) is 60.6 Å². The molecule has 2 aliphatic rings. The molecule has 1 amide bonds. The number of aromatic nitrogens is 3. The van der Waals surface area contributed by atoms with E-state index in [0.717, 1.165) is 51.0 Å². The van der Waals surface area contributed by atoms with Gasteiger partial charge in [0.2, 0.25) is 0 Å². The van der Waals surface area contributed by atoms with Crippen LogP contribution in [-0.2, 0) is 6.54 Å². The lowest BCUT2D eigenvalue weighted by molar-refractivity contribution is 0.0895. The topological polar surface area (TPSA) is 63.1 Å². The smallest absolute Gasteiger partial charge is 0.269 e. The lowest BCUT2D eigenvalue weighted by atomic mass is 10.0. The van der Waals surface area contributed by atoms with Gasteiger partial charge in [0.15, 0.2) is 0 Å². The molecule has 1 aliphatic carbocycles. The lowest BCUT2D eigenvalue weighted by Crippen LogP contribution is -2.44. The summed E-state index contributed by atoms with van der Waals surface area (Å²) >= 11 is 0. The summed E-state index contributed by atoms with van der Waals surface area (Å²) in [6.07, 6.45) is 12.2. The maximum atomic E-state index is 12.7. The number of hydrogen-bond donors (Lipinski definition) is 1. The summed E-state index contributed by atoms with van der Waals surface area (Å²) in [6.45, 7) is 2.94. The van der Waals surface area contributed by atoms with E-state index in [1.807, 2.05) is 29.2 Å². The molecule has 0 spiro atoms. The predicted molar refractivity (Wildman–Crippen MR) is 99.7 cm³/mol. The molecule has 6 nitrogen and oxygen atoms in total. The third-order valence-electron chi connectivity index (χ3n) is 5.63. The molecule has 1 saturated heterocycles. The second-order valence-electron chi connectivity index (χ2n) is 7.48. The van der Waals surface area contributed by atoms with Gasteiger partial charge in [0.1, 0.15) is 5.69 Å². The van der Waals surface area contributed by atoms with Crippen LogP contribution in [0.4, 0.5) is 0 Å². The van der Waals surface area contributed by atoms with E-state index in [1.54, 1.807) is 6.20 Å². The van der Waals surface area contributed by atoms with Gasteiger partial charge in [-0.1, -0.05) is 18.9 Å². The van der Waals surface area contributed by atoms with Crippen LogP contribution in [0.25, 0.3) is 0 Å². The molecule has 1 saturated carbocycles. The van der Waals surface area contributed by atoms with Gasteiger partial charge in [0.25, 0.3) is 5.91 Å². The molecule has 3 heterocycles. The fraction of sp³-hybridized carbons (Fsp3) is 0.550. The average molecular weight is 353 g/mol. The number of hydrogen-bond acceptors (Lipinski definition) is 4. The molecule has 4 rings (SSSR count). The Balaban J connectivity index is 1.29. The van der Waals surface area contributed by atoms with Gasteiger partial charge in [-0.25, -0.2) is 0 Å². The number of nitrogens with one attached hydrogen (secondary N) is 1. The zero-order chi connectivity index (χ0) is 17.8. The Hall–Kier alpha value is -2.21. The molecular formula is C20H27N5O. The summed E-state index contributed by atoms with van der Waals surface area (Å²) in [5, 5.41) is 7.64. The van der Waals surface area contributed by atoms with Crippen molar-refractivity contribution in [3.8, 4) is 0 Å². The van der Waals surface area contributed by atoms with Gasteiger partial charge in [0, 0.05) is 44.3 Å². The molecule has 138 valence electrons. The zero-order valence-corrected chi connectivity index (χ0v) is 15.2. The first kappa shape index (κ1) is 17.2. The van der Waals surface area contributed by atoms with Gasteiger partial charge in [0.05, 0.1) is 6.04 Å². The van der Waals surface area contributed by atoms with Crippen molar-refractivity contribution in [3.05, 3.63) is 48.0 Å². The Kier molecular flexibility index (Phi) is 5.29. The molecule has 26 heavy (non-hydrogen) atoms. The van der Waals surface area contributed by atoms with Crippen molar-refractivity contribution in [1.29, 1.82) is 0 Å². The van der Waals surface area contributed by atoms with E-state index >= 15 is 0 Å². The standard InChI is InChI=1S/C20H27N5O/c26-20(19-7-11-22-25(19)18-5-1-2-6-18)23-17-8-12-24(13-9-17)15-16-4-3-10-21-14-16/h3-4,7,10-11,14,17-18H,1-2,5-6,8-9,12-13,15H2,(H,23,26). The van der Waals surface area contributed by atoms with Gasteiger partial charge in [-0.15, -0.1) is 0 Å². The van der Waals surface area contributed by atoms with Gasteiger partial charge in [-0.05, 0) is 43.4 Å². The van der Waals surface area contributed by atoms with Crippen LogP contribution in [0, 0.1) is 0 Å². The monoisotopic (exact) mass is 353 g/mol. The molecule has 0 radical (unpaired) electrons. The Morgan fingerprint density at radius 1 is 1.12 bits per heavy atom. The van der Waals surface area contributed by atoms with Crippen molar-refractivity contribution in [3.63, 3.8) is 0 Å². The summed E-state index contributed by atoms with van der Waals surface area (Å²) in [7, 11) is 0. The summed E-state index contributed by atoms with van der Waals surface area (Å²) in [4.78, 5) is 19.3. The summed E-state index contributed by atoms with van der Waals surface area (Å²) in [5.41, 5.74) is 1.96. The minimum absolute atomic E-state index is 0.0279. The second kappa shape index (κ2) is 7.99. The predicted octanol–water partition coefficient (Wildman–Crippen LogP) is 2.79. The van der Waals surface area contributed by atoms with Crippen LogP contribution in [0.15, 0.2) is 36.8 Å². The fourth-order valence-corrected chi connectivity index (χ4v) is 4.18. The third-order valence-corrected chi connectivity index (χ3v) is 5.63. The quantitative estimate of drug-likeness (QED) is 0.898. The summed E-state index contributed by atoms with van der Waals surface area (Å²) in [6, 6.07) is 6.60. The Morgan fingerprint density at radius 2 is 1.92 bits per heavy atom. The van der Waals surface area contributed by atoms with Gasteiger partial charge < -0.3 is 5.32 Å². The molecule has 0 unspecified atom stereocenters. The van der Waals surface area contributed by atoms with Crippen molar-refractivity contribution in [2.75, 3.05) is 13.1 Å². The number of carbonyl (C=O) groups excluding carboxylic acids is 1. The lowest BCUT2D eigenvalue weighted by Gasteiger charge is -2.32. The van der Waals surface area contributed by atoms with Crippen LogP contribution in [0.2, 0.25) is 0 Å². The van der Waals surface area contributed by atoms with E-state index in [2.05, 4.69) is 26.4 Å². The molecule has 1 aliphatic heterocycles. The molecule has 2 aromatic rings. The summed E-state index contributed by atoms with van der Waals surface area (Å²) in [5.74, 6) is 0.0279. The van der Waals surface area contributed by atoms with E-state index in [4.69, 9.17) is 0 Å². The van der Waals surface area contributed by atoms with Crippen molar-refractivity contribution >= 4 is 5.91 Å². The van der Waals surface area contributed by atoms with E-state index < -0.39 is 0 Å².